The second-order valence-electron chi connectivity index (χ2n) is 5.82. The van der Waals surface area contributed by atoms with E-state index in [1.165, 1.54) is 6.42 Å². The number of hydrogen-bond donors (Lipinski definition) is 0. The number of aromatic nitrogens is 4. The standard InChI is InChI=1S/C15H18N6/c1-10-3-5-17-15(18-10)21-12-7-13(21)9-20(8-12)14-4-6-16-11(2)19-14/h3-6,12-13H,7-9H2,1-2H3. The van der Waals surface area contributed by atoms with Crippen molar-refractivity contribution in [1.82, 2.24) is 19.9 Å². The van der Waals surface area contributed by atoms with Crippen molar-refractivity contribution in [1.29, 1.82) is 0 Å². The van der Waals surface area contributed by atoms with Crippen LogP contribution in [0.1, 0.15) is 17.9 Å². The van der Waals surface area contributed by atoms with Crippen molar-refractivity contribution in [3.8, 4) is 0 Å². The molecule has 0 aliphatic carbocycles. The van der Waals surface area contributed by atoms with Crippen LogP contribution < -0.4 is 9.80 Å². The number of rotatable bonds is 2. The van der Waals surface area contributed by atoms with E-state index in [1.54, 1.807) is 0 Å². The number of fused-ring (bicyclic) bond motifs is 2. The van der Waals surface area contributed by atoms with Gasteiger partial charge in [0.15, 0.2) is 0 Å². The van der Waals surface area contributed by atoms with Crippen LogP contribution in [-0.4, -0.2) is 45.1 Å². The molecule has 6 heteroatoms. The summed E-state index contributed by atoms with van der Waals surface area (Å²) < 4.78 is 0. The molecular weight excluding hydrogens is 264 g/mol. The highest BCUT2D eigenvalue weighted by molar-refractivity contribution is 5.49. The summed E-state index contributed by atoms with van der Waals surface area (Å²) in [4.78, 5) is 22.4. The van der Waals surface area contributed by atoms with Gasteiger partial charge in [-0.15, -0.1) is 0 Å². The van der Waals surface area contributed by atoms with Crippen molar-refractivity contribution in [2.75, 3.05) is 22.9 Å². The fourth-order valence-corrected chi connectivity index (χ4v) is 3.30. The Morgan fingerprint density at radius 2 is 1.76 bits per heavy atom. The van der Waals surface area contributed by atoms with Crippen LogP contribution in [-0.2, 0) is 0 Å². The summed E-state index contributed by atoms with van der Waals surface area (Å²) >= 11 is 0. The van der Waals surface area contributed by atoms with Gasteiger partial charge in [-0.3, -0.25) is 0 Å². The van der Waals surface area contributed by atoms with E-state index in [2.05, 4.69) is 29.7 Å². The van der Waals surface area contributed by atoms with Gasteiger partial charge in [0.1, 0.15) is 11.6 Å². The van der Waals surface area contributed by atoms with Crippen LogP contribution in [0.5, 0.6) is 0 Å². The molecule has 108 valence electrons. The third-order valence-electron chi connectivity index (χ3n) is 4.29. The predicted molar refractivity (Wildman–Crippen MR) is 80.4 cm³/mol. The molecule has 2 unspecified atom stereocenters. The Labute approximate surface area is 123 Å². The van der Waals surface area contributed by atoms with Crippen molar-refractivity contribution in [2.45, 2.75) is 32.4 Å². The maximum Gasteiger partial charge on any atom is 0.226 e. The lowest BCUT2D eigenvalue weighted by atomic mass is 9.88. The highest BCUT2D eigenvalue weighted by atomic mass is 15.4. The van der Waals surface area contributed by atoms with Crippen LogP contribution in [0.4, 0.5) is 11.8 Å². The first kappa shape index (κ1) is 12.5. The van der Waals surface area contributed by atoms with Crippen LogP contribution in [0, 0.1) is 13.8 Å². The van der Waals surface area contributed by atoms with E-state index < -0.39 is 0 Å². The largest absolute Gasteiger partial charge is 0.352 e. The van der Waals surface area contributed by atoms with Crippen LogP contribution in [0.3, 0.4) is 0 Å². The van der Waals surface area contributed by atoms with E-state index in [-0.39, 0.29) is 0 Å². The van der Waals surface area contributed by atoms with Crippen molar-refractivity contribution in [3.63, 3.8) is 0 Å². The summed E-state index contributed by atoms with van der Waals surface area (Å²) in [6.45, 7) is 5.90. The first-order valence-electron chi connectivity index (χ1n) is 7.33. The fraction of sp³-hybridized carbons (Fsp3) is 0.467. The molecule has 5 heterocycles. The highest BCUT2D eigenvalue weighted by Gasteiger charge is 2.46. The van der Waals surface area contributed by atoms with Gasteiger partial charge in [0.2, 0.25) is 5.95 Å². The normalized spacial score (nSPS) is 23.9. The van der Waals surface area contributed by atoms with E-state index in [0.29, 0.717) is 12.1 Å². The third-order valence-corrected chi connectivity index (χ3v) is 4.29. The number of piperazine rings is 1. The predicted octanol–water partition coefficient (Wildman–Crippen LogP) is 1.35. The van der Waals surface area contributed by atoms with Gasteiger partial charge < -0.3 is 9.80 Å². The maximum absolute atomic E-state index is 4.56. The zero-order valence-electron chi connectivity index (χ0n) is 12.3. The van der Waals surface area contributed by atoms with Crippen LogP contribution in [0.2, 0.25) is 0 Å². The molecule has 6 nitrogen and oxygen atoms in total. The molecule has 3 aliphatic rings. The van der Waals surface area contributed by atoms with Crippen molar-refractivity contribution in [2.24, 2.45) is 0 Å². The minimum atomic E-state index is 0.487. The van der Waals surface area contributed by atoms with E-state index in [0.717, 1.165) is 36.4 Å². The van der Waals surface area contributed by atoms with Gasteiger partial charge in [-0.25, -0.2) is 19.9 Å². The van der Waals surface area contributed by atoms with Crippen molar-refractivity contribution >= 4 is 11.8 Å². The monoisotopic (exact) mass is 282 g/mol. The van der Waals surface area contributed by atoms with Gasteiger partial charge in [0, 0.05) is 31.2 Å². The van der Waals surface area contributed by atoms with E-state index in [1.807, 2.05) is 38.4 Å². The van der Waals surface area contributed by atoms with Gasteiger partial charge in [-0.2, -0.15) is 0 Å². The van der Waals surface area contributed by atoms with Gasteiger partial charge >= 0.3 is 0 Å². The molecule has 2 aromatic rings. The Balaban J connectivity index is 1.54. The number of nitrogens with zero attached hydrogens (tertiary/aromatic N) is 6. The SMILES string of the molecule is Cc1ccnc(N2C3CC2CN(c2ccnc(C)n2)C3)n1. The molecule has 3 fully saturated rings. The first-order chi connectivity index (χ1) is 10.2. The molecule has 0 amide bonds. The molecule has 3 saturated heterocycles. The first-order valence-corrected chi connectivity index (χ1v) is 7.33. The smallest absolute Gasteiger partial charge is 0.226 e. The molecule has 2 bridgehead atoms. The minimum absolute atomic E-state index is 0.487. The summed E-state index contributed by atoms with van der Waals surface area (Å²) in [6, 6.07) is 4.90. The number of piperidine rings is 1. The molecule has 0 aromatic carbocycles. The third kappa shape index (κ3) is 2.11. The van der Waals surface area contributed by atoms with Crippen LogP contribution >= 0.6 is 0 Å². The Morgan fingerprint density at radius 1 is 1.00 bits per heavy atom. The summed E-state index contributed by atoms with van der Waals surface area (Å²) in [5.74, 6) is 2.72. The highest BCUT2D eigenvalue weighted by Crippen LogP contribution is 2.36. The van der Waals surface area contributed by atoms with E-state index in [4.69, 9.17) is 0 Å². The topological polar surface area (TPSA) is 58.0 Å². The van der Waals surface area contributed by atoms with Gasteiger partial charge in [-0.1, -0.05) is 0 Å². The van der Waals surface area contributed by atoms with E-state index in [9.17, 15) is 0 Å². The van der Waals surface area contributed by atoms with Crippen molar-refractivity contribution < 1.29 is 0 Å². The number of anilines is 2. The quantitative estimate of drug-likeness (QED) is 0.829. The Bertz CT molecular complexity index is 661. The van der Waals surface area contributed by atoms with Gasteiger partial charge in [-0.05, 0) is 32.4 Å². The molecule has 21 heavy (non-hydrogen) atoms. The Kier molecular flexibility index (Phi) is 2.77. The summed E-state index contributed by atoms with van der Waals surface area (Å²) in [6.07, 6.45) is 4.90. The Morgan fingerprint density at radius 3 is 2.48 bits per heavy atom. The average Bonchev–Trinajstić information content (AvgIpc) is 2.47. The summed E-state index contributed by atoms with van der Waals surface area (Å²) in [7, 11) is 0. The van der Waals surface area contributed by atoms with Crippen molar-refractivity contribution in [3.05, 3.63) is 36.0 Å². The molecule has 0 saturated carbocycles. The van der Waals surface area contributed by atoms with E-state index >= 15 is 0 Å². The lowest BCUT2D eigenvalue weighted by molar-refractivity contribution is 0.285. The second kappa shape index (κ2) is 4.65. The molecule has 2 atom stereocenters. The second-order valence-corrected chi connectivity index (χ2v) is 5.82. The molecule has 0 radical (unpaired) electrons. The Hall–Kier alpha value is -2.24. The minimum Gasteiger partial charge on any atom is -0.352 e. The lowest BCUT2D eigenvalue weighted by Gasteiger charge is -2.56. The average molecular weight is 282 g/mol. The summed E-state index contributed by atoms with van der Waals surface area (Å²) in [5, 5.41) is 0. The fourth-order valence-electron chi connectivity index (χ4n) is 3.30. The lowest BCUT2D eigenvalue weighted by Crippen LogP contribution is -2.69. The maximum atomic E-state index is 4.56. The van der Waals surface area contributed by atoms with Crippen LogP contribution in [0.15, 0.2) is 24.5 Å². The zero-order chi connectivity index (χ0) is 14.4. The summed E-state index contributed by atoms with van der Waals surface area (Å²) in [5.41, 5.74) is 1.02. The van der Waals surface area contributed by atoms with Gasteiger partial charge in [0.05, 0.1) is 12.1 Å². The molecule has 3 aliphatic heterocycles. The molecule has 2 aromatic heterocycles. The zero-order valence-corrected chi connectivity index (χ0v) is 12.3. The molecule has 5 rings (SSSR count). The molecule has 0 spiro atoms. The number of hydrogen-bond acceptors (Lipinski definition) is 6. The molecule has 0 N–H and O–H groups in total. The molecular formula is C15H18N6. The van der Waals surface area contributed by atoms with Gasteiger partial charge in [0.25, 0.3) is 0 Å². The van der Waals surface area contributed by atoms with Crippen LogP contribution in [0.25, 0.3) is 0 Å². The number of aryl methyl sites for hydroxylation is 2.